The molecule has 0 saturated heterocycles. The summed E-state index contributed by atoms with van der Waals surface area (Å²) < 4.78 is 48.9. The molecule has 1 aliphatic heterocycles. The molecule has 2 unspecified atom stereocenters. The molecule has 8 heteroatoms. The molecule has 3 aromatic rings. The Bertz CT molecular complexity index is 1360. The minimum absolute atomic E-state index is 0.172. The van der Waals surface area contributed by atoms with Crippen LogP contribution in [0, 0.1) is 11.7 Å². The van der Waals surface area contributed by atoms with Gasteiger partial charge >= 0.3 is 5.97 Å². The molecule has 1 fully saturated rings. The first kappa shape index (κ1) is 24.6. The molecule has 3 aromatic carbocycles. The van der Waals surface area contributed by atoms with Crippen LogP contribution in [-0.2, 0) is 26.1 Å². The van der Waals surface area contributed by atoms with Gasteiger partial charge < -0.3 is 28.4 Å². The molecule has 0 amide bonds. The molecule has 0 aromatic heterocycles. The number of rotatable bonds is 9. The number of hydrogen-bond acceptors (Lipinski definition) is 7. The van der Waals surface area contributed by atoms with Gasteiger partial charge in [-0.05, 0) is 61.7 Å². The van der Waals surface area contributed by atoms with Crippen molar-refractivity contribution >= 4 is 5.97 Å². The molecule has 0 bridgehead atoms. The third-order valence-electron chi connectivity index (χ3n) is 7.66. The van der Waals surface area contributed by atoms with E-state index < -0.39 is 6.10 Å². The summed E-state index contributed by atoms with van der Waals surface area (Å²) in [5, 5.41) is 0. The minimum Gasteiger partial charge on any atom is -0.492 e. The second kappa shape index (κ2) is 9.83. The van der Waals surface area contributed by atoms with Gasteiger partial charge in [0.1, 0.15) is 47.3 Å². The highest BCUT2D eigenvalue weighted by Gasteiger charge is 2.64. The molecule has 3 atom stereocenters. The van der Waals surface area contributed by atoms with Gasteiger partial charge in [0.2, 0.25) is 0 Å². The van der Waals surface area contributed by atoms with Gasteiger partial charge in [-0.2, -0.15) is 0 Å². The molecular formula is C30H29FO7. The van der Waals surface area contributed by atoms with Crippen molar-refractivity contribution in [3.63, 3.8) is 0 Å². The Morgan fingerprint density at radius 1 is 1.03 bits per heavy atom. The molecule has 1 heterocycles. The van der Waals surface area contributed by atoms with Crippen molar-refractivity contribution in [2.75, 3.05) is 34.0 Å². The van der Waals surface area contributed by atoms with E-state index in [9.17, 15) is 4.79 Å². The first-order valence-corrected chi connectivity index (χ1v) is 12.7. The lowest BCUT2D eigenvalue weighted by Crippen LogP contribution is -2.17. The van der Waals surface area contributed by atoms with Crippen molar-refractivity contribution in [3.05, 3.63) is 77.1 Å². The number of methoxy groups -OCH3 is 2. The zero-order valence-corrected chi connectivity index (χ0v) is 21.3. The second-order valence-corrected chi connectivity index (χ2v) is 9.88. The maximum atomic E-state index is 15.0. The molecular weight excluding hydrogens is 491 g/mol. The lowest BCUT2D eigenvalue weighted by Gasteiger charge is -2.17. The summed E-state index contributed by atoms with van der Waals surface area (Å²) in [5.41, 5.74) is 2.04. The van der Waals surface area contributed by atoms with Crippen molar-refractivity contribution in [3.8, 4) is 28.7 Å². The van der Waals surface area contributed by atoms with Crippen LogP contribution < -0.4 is 18.9 Å². The number of carbonyl (C=O) groups excluding carboxylic acids is 1. The van der Waals surface area contributed by atoms with Crippen LogP contribution in [0.4, 0.5) is 4.39 Å². The average molecular weight is 521 g/mol. The van der Waals surface area contributed by atoms with Crippen molar-refractivity contribution in [2.24, 2.45) is 5.92 Å². The quantitative estimate of drug-likeness (QED) is 0.271. The van der Waals surface area contributed by atoms with Crippen LogP contribution in [0.3, 0.4) is 0 Å². The first-order valence-electron chi connectivity index (χ1n) is 12.7. The van der Waals surface area contributed by atoms with Crippen molar-refractivity contribution < 1.29 is 37.6 Å². The van der Waals surface area contributed by atoms with E-state index in [0.717, 1.165) is 23.3 Å². The Balaban J connectivity index is 1.17. The van der Waals surface area contributed by atoms with Crippen LogP contribution in [0.1, 0.15) is 35.6 Å². The Labute approximate surface area is 220 Å². The van der Waals surface area contributed by atoms with E-state index in [1.807, 2.05) is 42.5 Å². The van der Waals surface area contributed by atoms with Crippen LogP contribution >= 0.6 is 0 Å². The lowest BCUT2D eigenvalue weighted by atomic mass is 9.95. The van der Waals surface area contributed by atoms with Gasteiger partial charge in [0.25, 0.3) is 0 Å². The molecule has 0 N–H and O–H groups in total. The molecule has 1 spiro atoms. The Morgan fingerprint density at radius 3 is 2.61 bits per heavy atom. The number of hydrogen-bond donors (Lipinski definition) is 0. The maximum Gasteiger partial charge on any atom is 0.309 e. The minimum atomic E-state index is -0.442. The van der Waals surface area contributed by atoms with E-state index in [1.54, 1.807) is 13.2 Å². The highest BCUT2D eigenvalue weighted by molar-refractivity contribution is 5.80. The van der Waals surface area contributed by atoms with Crippen molar-refractivity contribution in [1.29, 1.82) is 0 Å². The normalized spacial score (nSPS) is 22.4. The number of fused-ring (bicyclic) bond motifs is 3. The van der Waals surface area contributed by atoms with Gasteiger partial charge in [-0.25, -0.2) is 4.39 Å². The molecule has 198 valence electrons. The average Bonchev–Trinajstić information content (AvgIpc) is 3.33. The van der Waals surface area contributed by atoms with Gasteiger partial charge in [0.15, 0.2) is 0 Å². The zero-order chi connectivity index (χ0) is 26.3. The summed E-state index contributed by atoms with van der Waals surface area (Å²) in [5.74, 6) is 2.59. The molecule has 6 rings (SSSR count). The number of ether oxygens (including phenoxy) is 6. The summed E-state index contributed by atoms with van der Waals surface area (Å²) in [6.07, 6.45) is 1.55. The predicted molar refractivity (Wildman–Crippen MR) is 136 cm³/mol. The van der Waals surface area contributed by atoms with Crippen LogP contribution in [0.2, 0.25) is 0 Å². The lowest BCUT2D eigenvalue weighted by molar-refractivity contribution is -0.142. The molecule has 7 nitrogen and oxygen atoms in total. The summed E-state index contributed by atoms with van der Waals surface area (Å²) in [6, 6.07) is 16.0. The summed E-state index contributed by atoms with van der Waals surface area (Å²) in [4.78, 5) is 12.0. The van der Waals surface area contributed by atoms with Gasteiger partial charge in [0, 0.05) is 35.3 Å². The highest BCUT2D eigenvalue weighted by Crippen LogP contribution is 2.61. The maximum absolute atomic E-state index is 15.0. The molecule has 2 aliphatic carbocycles. The first-order chi connectivity index (χ1) is 18.5. The summed E-state index contributed by atoms with van der Waals surface area (Å²) in [6.45, 7) is 1.43. The van der Waals surface area contributed by atoms with Gasteiger partial charge in [-0.1, -0.05) is 6.07 Å². The van der Waals surface area contributed by atoms with Crippen LogP contribution in [0.5, 0.6) is 28.7 Å². The number of esters is 1. The summed E-state index contributed by atoms with van der Waals surface area (Å²) >= 11 is 0. The Hall–Kier alpha value is -3.78. The van der Waals surface area contributed by atoms with E-state index in [0.29, 0.717) is 61.2 Å². The van der Waals surface area contributed by atoms with E-state index in [-0.39, 0.29) is 23.1 Å². The molecule has 1 saturated carbocycles. The Morgan fingerprint density at radius 2 is 1.82 bits per heavy atom. The van der Waals surface area contributed by atoms with E-state index >= 15 is 4.39 Å². The smallest absolute Gasteiger partial charge is 0.309 e. The fourth-order valence-electron chi connectivity index (χ4n) is 5.60. The fourth-order valence-corrected chi connectivity index (χ4v) is 5.60. The van der Waals surface area contributed by atoms with Crippen LogP contribution in [-0.4, -0.2) is 40.0 Å². The van der Waals surface area contributed by atoms with Crippen molar-refractivity contribution in [1.82, 2.24) is 0 Å². The van der Waals surface area contributed by atoms with Crippen molar-refractivity contribution in [2.45, 2.75) is 30.8 Å². The third kappa shape index (κ3) is 4.32. The van der Waals surface area contributed by atoms with E-state index in [4.69, 9.17) is 28.4 Å². The second-order valence-electron chi connectivity index (χ2n) is 9.88. The third-order valence-corrected chi connectivity index (χ3v) is 7.66. The van der Waals surface area contributed by atoms with E-state index in [2.05, 4.69) is 0 Å². The SMILES string of the molecule is COCCOc1ccc(Oc2ccc(F)c3c2CC[C@H]3Oc2ccc3c(c2)OCC32CC2C(=O)OC)cc1. The fraction of sp³-hybridized carbons (Fsp3) is 0.367. The van der Waals surface area contributed by atoms with Crippen LogP contribution in [0.15, 0.2) is 54.6 Å². The summed E-state index contributed by atoms with van der Waals surface area (Å²) in [7, 11) is 3.04. The molecule has 0 radical (unpaired) electrons. The standard InChI is InChI=1S/C30H29FO7/c1-33-13-14-35-18-3-5-19(6-4-18)37-25-12-10-24(31)28-21(25)8-11-26(28)38-20-7-9-22-27(15-20)36-17-30(22)16-23(30)29(32)34-2/h3-7,9-10,12,15,23,26H,8,11,13-14,16-17H2,1-2H3/t23?,26-,30?/m1/s1. The largest absolute Gasteiger partial charge is 0.492 e. The molecule has 38 heavy (non-hydrogen) atoms. The van der Waals surface area contributed by atoms with Gasteiger partial charge in [0.05, 0.1) is 26.2 Å². The monoisotopic (exact) mass is 520 g/mol. The number of carbonyl (C=O) groups is 1. The predicted octanol–water partition coefficient (Wildman–Crippen LogP) is 5.53. The Kier molecular flexibility index (Phi) is 6.35. The van der Waals surface area contributed by atoms with Crippen LogP contribution in [0.25, 0.3) is 0 Å². The number of halogens is 1. The number of benzene rings is 3. The van der Waals surface area contributed by atoms with Gasteiger partial charge in [-0.3, -0.25) is 4.79 Å². The highest BCUT2D eigenvalue weighted by atomic mass is 19.1. The van der Waals surface area contributed by atoms with E-state index in [1.165, 1.54) is 13.2 Å². The zero-order valence-electron chi connectivity index (χ0n) is 21.3. The van der Waals surface area contributed by atoms with Gasteiger partial charge in [-0.15, -0.1) is 0 Å². The topological polar surface area (TPSA) is 72.5 Å². The molecule has 3 aliphatic rings.